The first-order valence-electron chi connectivity index (χ1n) is 6.73. The van der Waals surface area contributed by atoms with Gasteiger partial charge in [-0.3, -0.25) is 0 Å². The van der Waals surface area contributed by atoms with Crippen LogP contribution in [0.3, 0.4) is 0 Å². The molecular weight excluding hydrogens is 292 g/mol. The van der Waals surface area contributed by atoms with Crippen LogP contribution in [0, 0.1) is 13.8 Å². The van der Waals surface area contributed by atoms with Crippen molar-refractivity contribution in [3.63, 3.8) is 0 Å². The van der Waals surface area contributed by atoms with Crippen molar-refractivity contribution in [3.05, 3.63) is 46.6 Å². The van der Waals surface area contributed by atoms with Crippen molar-refractivity contribution in [2.75, 3.05) is 13.2 Å². The minimum atomic E-state index is -0.614. The van der Waals surface area contributed by atoms with Gasteiger partial charge in [-0.1, -0.05) is 11.6 Å². The number of halogens is 1. The van der Waals surface area contributed by atoms with Crippen molar-refractivity contribution in [1.82, 2.24) is 10.3 Å². The molecule has 0 saturated heterocycles. The predicted molar refractivity (Wildman–Crippen MR) is 80.6 cm³/mol. The standard InChI is InChI=1S/C15H19ClN2O3/c1-10-5-13(3-4-14(10)16)20-9-12(19)7-17-8-15-18-6-11(2)21-15/h3-6,12,17,19H,7-9H2,1-2H3. The van der Waals surface area contributed by atoms with Crippen LogP contribution in [0.2, 0.25) is 5.02 Å². The monoisotopic (exact) mass is 310 g/mol. The van der Waals surface area contributed by atoms with E-state index >= 15 is 0 Å². The van der Waals surface area contributed by atoms with Gasteiger partial charge in [0.15, 0.2) is 0 Å². The zero-order chi connectivity index (χ0) is 15.2. The Hall–Kier alpha value is -1.56. The van der Waals surface area contributed by atoms with E-state index in [9.17, 15) is 5.11 Å². The summed E-state index contributed by atoms with van der Waals surface area (Å²) in [4.78, 5) is 4.07. The molecule has 0 bridgehead atoms. The Morgan fingerprint density at radius 3 is 2.90 bits per heavy atom. The van der Waals surface area contributed by atoms with Crippen LogP contribution in [0.1, 0.15) is 17.2 Å². The van der Waals surface area contributed by atoms with Crippen LogP contribution >= 0.6 is 11.6 Å². The fraction of sp³-hybridized carbons (Fsp3) is 0.400. The van der Waals surface area contributed by atoms with E-state index in [-0.39, 0.29) is 6.61 Å². The molecule has 1 unspecified atom stereocenters. The number of benzene rings is 1. The molecule has 1 aromatic carbocycles. The van der Waals surface area contributed by atoms with Crippen molar-refractivity contribution in [2.24, 2.45) is 0 Å². The van der Waals surface area contributed by atoms with E-state index in [0.29, 0.717) is 29.8 Å². The SMILES string of the molecule is Cc1cnc(CNCC(O)COc2ccc(Cl)c(C)c2)o1. The molecule has 0 radical (unpaired) electrons. The quantitative estimate of drug-likeness (QED) is 0.822. The van der Waals surface area contributed by atoms with Crippen molar-refractivity contribution < 1.29 is 14.3 Å². The molecule has 2 aromatic rings. The van der Waals surface area contributed by atoms with Crippen LogP contribution in [0.5, 0.6) is 5.75 Å². The average Bonchev–Trinajstić information content (AvgIpc) is 2.86. The zero-order valence-corrected chi connectivity index (χ0v) is 12.9. The Kier molecular flexibility index (Phi) is 5.61. The molecule has 6 heteroatoms. The van der Waals surface area contributed by atoms with Crippen LogP contribution in [-0.4, -0.2) is 29.3 Å². The average molecular weight is 311 g/mol. The number of aliphatic hydroxyl groups is 1. The van der Waals surface area contributed by atoms with Gasteiger partial charge in [0.1, 0.15) is 24.2 Å². The number of hydrogen-bond donors (Lipinski definition) is 2. The Morgan fingerprint density at radius 1 is 1.43 bits per heavy atom. The summed E-state index contributed by atoms with van der Waals surface area (Å²) in [6.07, 6.45) is 1.05. The third kappa shape index (κ3) is 5.04. The van der Waals surface area contributed by atoms with Crippen LogP contribution < -0.4 is 10.1 Å². The Bertz CT molecular complexity index is 586. The molecule has 0 fully saturated rings. The van der Waals surface area contributed by atoms with E-state index in [1.54, 1.807) is 18.3 Å². The van der Waals surface area contributed by atoms with Gasteiger partial charge >= 0.3 is 0 Å². The van der Waals surface area contributed by atoms with Crippen LogP contribution in [-0.2, 0) is 6.54 Å². The van der Waals surface area contributed by atoms with Gasteiger partial charge < -0.3 is 19.6 Å². The van der Waals surface area contributed by atoms with Gasteiger partial charge in [-0.05, 0) is 37.6 Å². The van der Waals surface area contributed by atoms with Gasteiger partial charge in [-0.25, -0.2) is 4.98 Å². The summed E-state index contributed by atoms with van der Waals surface area (Å²) in [6, 6.07) is 5.41. The van der Waals surface area contributed by atoms with E-state index in [1.807, 2.05) is 19.9 Å². The maximum Gasteiger partial charge on any atom is 0.208 e. The normalized spacial score (nSPS) is 12.4. The molecule has 21 heavy (non-hydrogen) atoms. The fourth-order valence-electron chi connectivity index (χ4n) is 1.79. The van der Waals surface area contributed by atoms with Gasteiger partial charge in [0.25, 0.3) is 0 Å². The molecule has 114 valence electrons. The number of ether oxygens (including phenoxy) is 1. The van der Waals surface area contributed by atoms with Gasteiger partial charge in [-0.2, -0.15) is 0 Å². The Labute approximate surface area is 128 Å². The summed E-state index contributed by atoms with van der Waals surface area (Å²) in [5.41, 5.74) is 0.945. The summed E-state index contributed by atoms with van der Waals surface area (Å²) in [6.45, 7) is 4.83. The molecule has 0 amide bonds. The Balaban J connectivity index is 1.69. The van der Waals surface area contributed by atoms with Crippen LogP contribution in [0.25, 0.3) is 0 Å². The minimum absolute atomic E-state index is 0.207. The van der Waals surface area contributed by atoms with Crippen LogP contribution in [0.4, 0.5) is 0 Å². The largest absolute Gasteiger partial charge is 0.491 e. The molecule has 0 aliphatic carbocycles. The molecule has 1 heterocycles. The predicted octanol–water partition coefficient (Wildman–Crippen LogP) is 2.47. The number of oxazole rings is 1. The maximum absolute atomic E-state index is 9.85. The third-order valence-corrected chi connectivity index (χ3v) is 3.32. The molecule has 1 aromatic heterocycles. The summed E-state index contributed by atoms with van der Waals surface area (Å²) in [5.74, 6) is 2.07. The summed E-state index contributed by atoms with van der Waals surface area (Å²) >= 11 is 5.94. The maximum atomic E-state index is 9.85. The number of hydrogen-bond acceptors (Lipinski definition) is 5. The Morgan fingerprint density at radius 2 is 2.24 bits per heavy atom. The molecule has 1 atom stereocenters. The number of rotatable bonds is 7. The number of aliphatic hydroxyl groups excluding tert-OH is 1. The molecule has 0 spiro atoms. The van der Waals surface area contributed by atoms with E-state index in [2.05, 4.69) is 10.3 Å². The van der Waals surface area contributed by atoms with Crippen molar-refractivity contribution in [2.45, 2.75) is 26.5 Å². The second-order valence-corrected chi connectivity index (χ2v) is 5.28. The van der Waals surface area contributed by atoms with Crippen molar-refractivity contribution in [3.8, 4) is 5.75 Å². The first kappa shape index (κ1) is 15.8. The van der Waals surface area contributed by atoms with E-state index < -0.39 is 6.10 Å². The molecule has 0 aliphatic heterocycles. The third-order valence-electron chi connectivity index (χ3n) is 2.90. The highest BCUT2D eigenvalue weighted by Crippen LogP contribution is 2.21. The van der Waals surface area contributed by atoms with Gasteiger partial charge in [-0.15, -0.1) is 0 Å². The summed E-state index contributed by atoms with van der Waals surface area (Å²) in [7, 11) is 0. The molecule has 5 nitrogen and oxygen atoms in total. The number of aryl methyl sites for hydroxylation is 2. The minimum Gasteiger partial charge on any atom is -0.491 e. The summed E-state index contributed by atoms with van der Waals surface area (Å²) < 4.78 is 10.8. The second-order valence-electron chi connectivity index (χ2n) is 4.87. The van der Waals surface area contributed by atoms with Gasteiger partial charge in [0.2, 0.25) is 5.89 Å². The lowest BCUT2D eigenvalue weighted by Crippen LogP contribution is -2.31. The number of nitrogens with zero attached hydrogens (tertiary/aromatic N) is 1. The van der Waals surface area contributed by atoms with E-state index in [4.69, 9.17) is 20.8 Å². The van der Waals surface area contributed by atoms with Gasteiger partial charge in [0, 0.05) is 11.6 Å². The lowest BCUT2D eigenvalue weighted by Gasteiger charge is -2.13. The molecule has 2 N–H and O–H groups in total. The first-order chi connectivity index (χ1) is 10.0. The lowest BCUT2D eigenvalue weighted by molar-refractivity contribution is 0.105. The zero-order valence-electron chi connectivity index (χ0n) is 12.1. The fourth-order valence-corrected chi connectivity index (χ4v) is 1.90. The molecule has 0 saturated carbocycles. The smallest absolute Gasteiger partial charge is 0.208 e. The van der Waals surface area contributed by atoms with Crippen molar-refractivity contribution >= 4 is 11.6 Å². The van der Waals surface area contributed by atoms with E-state index in [0.717, 1.165) is 11.3 Å². The number of nitrogens with one attached hydrogen (secondary N) is 1. The summed E-state index contributed by atoms with van der Waals surface area (Å²) in [5, 5.41) is 13.6. The second kappa shape index (κ2) is 7.45. The highest BCUT2D eigenvalue weighted by Gasteiger charge is 2.07. The lowest BCUT2D eigenvalue weighted by atomic mass is 10.2. The topological polar surface area (TPSA) is 67.5 Å². The molecule has 0 aliphatic rings. The van der Waals surface area contributed by atoms with E-state index in [1.165, 1.54) is 0 Å². The van der Waals surface area contributed by atoms with Crippen molar-refractivity contribution in [1.29, 1.82) is 0 Å². The molecular formula is C15H19ClN2O3. The van der Waals surface area contributed by atoms with Crippen LogP contribution in [0.15, 0.2) is 28.8 Å². The highest BCUT2D eigenvalue weighted by atomic mass is 35.5. The highest BCUT2D eigenvalue weighted by molar-refractivity contribution is 6.31. The first-order valence-corrected chi connectivity index (χ1v) is 7.11. The van der Waals surface area contributed by atoms with Gasteiger partial charge in [0.05, 0.1) is 12.7 Å². The molecule has 2 rings (SSSR count). The number of aromatic nitrogens is 1.